The lowest BCUT2D eigenvalue weighted by atomic mass is 9.99. The van der Waals surface area contributed by atoms with E-state index in [9.17, 15) is 18.0 Å². The molecule has 3 aromatic rings. The van der Waals surface area contributed by atoms with Gasteiger partial charge in [-0.15, -0.1) is 11.3 Å². The fourth-order valence-electron chi connectivity index (χ4n) is 3.19. The largest absolute Gasteiger partial charge is 0.416 e. The second-order valence-corrected chi connectivity index (χ2v) is 8.76. The van der Waals surface area contributed by atoms with E-state index in [1.807, 2.05) is 14.0 Å². The highest BCUT2D eigenvalue weighted by Gasteiger charge is 2.33. The topological polar surface area (TPSA) is 72.9 Å². The first kappa shape index (κ1) is 22.5. The lowest BCUT2D eigenvalue weighted by molar-refractivity contribution is -0.138. The normalized spacial score (nSPS) is 12.8. The predicted molar refractivity (Wildman–Crippen MR) is 114 cm³/mol. The van der Waals surface area contributed by atoms with Crippen LogP contribution in [0.5, 0.6) is 0 Å². The van der Waals surface area contributed by atoms with Gasteiger partial charge < -0.3 is 11.1 Å². The lowest BCUT2D eigenvalue weighted by Crippen LogP contribution is -2.41. The minimum atomic E-state index is -4.46. The molecule has 0 saturated heterocycles. The molecule has 0 saturated carbocycles. The molecular formula is C20H20BrF3N4OS. The van der Waals surface area contributed by atoms with Crippen LogP contribution in [0.25, 0.3) is 10.6 Å². The minimum Gasteiger partial charge on any atom is -0.347 e. The first-order valence-electron chi connectivity index (χ1n) is 9.06. The molecule has 0 radical (unpaired) electrons. The van der Waals surface area contributed by atoms with Gasteiger partial charge in [-0.2, -0.15) is 18.3 Å². The molecule has 0 spiro atoms. The van der Waals surface area contributed by atoms with Gasteiger partial charge in [-0.05, 0) is 52.5 Å². The van der Waals surface area contributed by atoms with Crippen LogP contribution in [0.4, 0.5) is 13.2 Å². The van der Waals surface area contributed by atoms with Gasteiger partial charge in [0.05, 0.1) is 31.7 Å². The number of alkyl halides is 3. The molecule has 1 aromatic carbocycles. The summed E-state index contributed by atoms with van der Waals surface area (Å²) >= 11 is 4.76. The average molecular weight is 501 g/mol. The van der Waals surface area contributed by atoms with E-state index < -0.39 is 17.8 Å². The van der Waals surface area contributed by atoms with Gasteiger partial charge in [-0.1, -0.05) is 18.2 Å². The number of hydrogen-bond acceptors (Lipinski definition) is 4. The maximum absolute atomic E-state index is 13.2. The number of nitrogens with two attached hydrogens (primary N) is 1. The smallest absolute Gasteiger partial charge is 0.347 e. The van der Waals surface area contributed by atoms with Crippen LogP contribution < -0.4 is 11.1 Å². The highest BCUT2D eigenvalue weighted by Crippen LogP contribution is 2.36. The number of hydrogen-bond donors (Lipinski definition) is 2. The van der Waals surface area contributed by atoms with Crippen LogP contribution >= 0.6 is 27.3 Å². The molecule has 2 aromatic heterocycles. The van der Waals surface area contributed by atoms with Crippen molar-refractivity contribution in [2.45, 2.75) is 25.6 Å². The number of halogens is 4. The van der Waals surface area contributed by atoms with Crippen molar-refractivity contribution in [3.8, 4) is 10.6 Å². The Morgan fingerprint density at radius 3 is 2.67 bits per heavy atom. The molecule has 0 aliphatic heterocycles. The summed E-state index contributed by atoms with van der Waals surface area (Å²) in [5.41, 5.74) is 6.89. The summed E-state index contributed by atoms with van der Waals surface area (Å²) in [5.74, 6) is -0.368. The summed E-state index contributed by atoms with van der Waals surface area (Å²) in [4.78, 5) is 14.1. The summed E-state index contributed by atoms with van der Waals surface area (Å²) in [6.45, 7) is 1.91. The van der Waals surface area contributed by atoms with Gasteiger partial charge in [0.2, 0.25) is 0 Å². The monoisotopic (exact) mass is 500 g/mol. The molecule has 30 heavy (non-hydrogen) atoms. The fourth-order valence-corrected chi connectivity index (χ4v) is 5.03. The number of carbonyl (C=O) groups is 1. The number of thiophene rings is 1. The van der Waals surface area contributed by atoms with Crippen molar-refractivity contribution in [1.29, 1.82) is 0 Å². The van der Waals surface area contributed by atoms with Gasteiger partial charge in [0.25, 0.3) is 5.91 Å². The van der Waals surface area contributed by atoms with E-state index in [1.54, 1.807) is 23.0 Å². The van der Waals surface area contributed by atoms with Crippen molar-refractivity contribution < 1.29 is 18.0 Å². The number of carbonyl (C=O) groups excluding carboxylic acids is 1. The van der Waals surface area contributed by atoms with E-state index in [0.717, 1.165) is 26.7 Å². The molecule has 160 valence electrons. The molecule has 3 rings (SSSR count). The van der Waals surface area contributed by atoms with Crippen LogP contribution in [0.1, 0.15) is 26.4 Å². The Morgan fingerprint density at radius 1 is 1.37 bits per heavy atom. The van der Waals surface area contributed by atoms with Gasteiger partial charge in [-0.3, -0.25) is 9.48 Å². The van der Waals surface area contributed by atoms with Gasteiger partial charge in [0.15, 0.2) is 0 Å². The quantitative estimate of drug-likeness (QED) is 0.521. The molecule has 2 heterocycles. The third-order valence-corrected chi connectivity index (χ3v) is 6.48. The number of aromatic nitrogens is 2. The number of nitrogens with one attached hydrogen (secondary N) is 1. The molecule has 3 N–H and O–H groups in total. The molecular weight excluding hydrogens is 481 g/mol. The Kier molecular flexibility index (Phi) is 6.68. The maximum Gasteiger partial charge on any atom is 0.416 e. The number of rotatable bonds is 6. The van der Waals surface area contributed by atoms with E-state index in [2.05, 4.69) is 26.3 Å². The molecule has 0 aliphatic carbocycles. The van der Waals surface area contributed by atoms with Gasteiger partial charge in [0.1, 0.15) is 0 Å². The predicted octanol–water partition coefficient (Wildman–Crippen LogP) is 4.54. The molecule has 1 atom stereocenters. The summed E-state index contributed by atoms with van der Waals surface area (Å²) in [6.07, 6.45) is -2.80. The Bertz CT molecular complexity index is 1040. The third-order valence-electron chi connectivity index (χ3n) is 4.66. The number of benzene rings is 1. The van der Waals surface area contributed by atoms with Crippen molar-refractivity contribution in [2.24, 2.45) is 12.8 Å². The zero-order valence-corrected chi connectivity index (χ0v) is 18.7. The Morgan fingerprint density at radius 2 is 2.07 bits per heavy atom. The summed E-state index contributed by atoms with van der Waals surface area (Å²) in [5, 5.41) is 6.96. The summed E-state index contributed by atoms with van der Waals surface area (Å²) < 4.78 is 42.3. The molecule has 0 bridgehead atoms. The molecule has 10 heteroatoms. The van der Waals surface area contributed by atoms with Gasteiger partial charge in [0, 0.05) is 19.6 Å². The summed E-state index contributed by atoms with van der Waals surface area (Å²) in [6, 6.07) is 6.45. The lowest BCUT2D eigenvalue weighted by Gasteiger charge is -2.19. The first-order chi connectivity index (χ1) is 14.1. The van der Waals surface area contributed by atoms with E-state index in [1.165, 1.54) is 23.5 Å². The van der Waals surface area contributed by atoms with Crippen molar-refractivity contribution in [1.82, 2.24) is 15.1 Å². The second-order valence-electron chi connectivity index (χ2n) is 6.85. The highest BCUT2D eigenvalue weighted by molar-refractivity contribution is 9.10. The Hall–Kier alpha value is -2.17. The van der Waals surface area contributed by atoms with E-state index >= 15 is 0 Å². The average Bonchev–Trinajstić information content (AvgIpc) is 3.22. The SMILES string of the molecule is Cc1cc(C(=O)N[C@H](CN)Cc2ccccc2C(F)(F)F)sc1-c1c(Br)cnn1C. The third kappa shape index (κ3) is 4.76. The maximum atomic E-state index is 13.2. The highest BCUT2D eigenvalue weighted by atomic mass is 79.9. The zero-order valence-electron chi connectivity index (χ0n) is 16.3. The van der Waals surface area contributed by atoms with Gasteiger partial charge >= 0.3 is 6.18 Å². The molecule has 0 unspecified atom stereocenters. The number of nitrogens with zero attached hydrogens (tertiary/aromatic N) is 2. The fraction of sp³-hybridized carbons (Fsp3) is 0.300. The van der Waals surface area contributed by atoms with Crippen LogP contribution in [0.3, 0.4) is 0 Å². The number of amides is 1. The van der Waals surface area contributed by atoms with Crippen molar-refractivity contribution in [3.63, 3.8) is 0 Å². The van der Waals surface area contributed by atoms with Crippen LogP contribution in [-0.4, -0.2) is 28.3 Å². The minimum absolute atomic E-state index is 0.0115. The van der Waals surface area contributed by atoms with Crippen LogP contribution in [-0.2, 0) is 19.6 Å². The number of aryl methyl sites for hydroxylation is 2. The van der Waals surface area contributed by atoms with E-state index in [-0.39, 0.29) is 24.4 Å². The first-order valence-corrected chi connectivity index (χ1v) is 10.7. The molecule has 0 fully saturated rings. The standard InChI is InChI=1S/C20H20BrF3N4OS/c1-11-7-16(30-18(11)17-15(21)10-26-28(17)2)19(29)27-13(9-25)8-12-5-3-4-6-14(12)20(22,23)24/h3-7,10,13H,8-9,25H2,1-2H3,(H,27,29)/t13-/m0/s1. The second kappa shape index (κ2) is 8.91. The van der Waals surface area contributed by atoms with E-state index in [0.29, 0.717) is 4.88 Å². The van der Waals surface area contributed by atoms with Crippen LogP contribution in [0.15, 0.2) is 41.0 Å². The van der Waals surface area contributed by atoms with Crippen LogP contribution in [0, 0.1) is 6.92 Å². The van der Waals surface area contributed by atoms with Crippen molar-refractivity contribution >= 4 is 33.2 Å². The van der Waals surface area contributed by atoms with Gasteiger partial charge in [-0.25, -0.2) is 0 Å². The molecule has 5 nitrogen and oxygen atoms in total. The summed E-state index contributed by atoms with van der Waals surface area (Å²) in [7, 11) is 1.81. The van der Waals surface area contributed by atoms with E-state index in [4.69, 9.17) is 5.73 Å². The van der Waals surface area contributed by atoms with Crippen molar-refractivity contribution in [3.05, 3.63) is 62.6 Å². The van der Waals surface area contributed by atoms with Crippen LogP contribution in [0.2, 0.25) is 0 Å². The Labute approximate surface area is 184 Å². The van der Waals surface area contributed by atoms with Crippen molar-refractivity contribution in [2.75, 3.05) is 6.54 Å². The Balaban J connectivity index is 1.80. The molecule has 1 amide bonds. The molecule has 0 aliphatic rings. The zero-order chi connectivity index (χ0) is 22.1.